The number of hydrogen-bond donors (Lipinski definition) is 2. The maximum atomic E-state index is 10.0. The molecule has 0 bridgehead atoms. The summed E-state index contributed by atoms with van der Waals surface area (Å²) in [6.07, 6.45) is 0. The summed E-state index contributed by atoms with van der Waals surface area (Å²) in [5.41, 5.74) is 4.74. The number of carbonyl (C=O) groups excluding carboxylic acids is 1. The highest BCUT2D eigenvalue weighted by Crippen LogP contribution is 1.68. The fourth-order valence-electron chi connectivity index (χ4n) is 0.122. The van der Waals surface area contributed by atoms with Gasteiger partial charge in [0.1, 0.15) is 0 Å². The zero-order valence-electron chi connectivity index (χ0n) is 4.33. The molecule has 7 heteroatoms. The summed E-state index contributed by atoms with van der Waals surface area (Å²) in [6.45, 7) is -0.357. The molecule has 0 aromatic heterocycles. The fraction of sp³-hybridized carbons (Fsp3) is 0.500. The van der Waals surface area contributed by atoms with Crippen molar-refractivity contribution in [3.63, 3.8) is 0 Å². The largest absolute Gasteiger partial charge is 0.758 e. The van der Waals surface area contributed by atoms with Crippen molar-refractivity contribution in [1.29, 1.82) is 0 Å². The molecule has 0 heterocycles. The summed E-state index contributed by atoms with van der Waals surface area (Å²) in [5, 5.41) is 0. The van der Waals surface area contributed by atoms with Crippen LogP contribution in [0.1, 0.15) is 0 Å². The highest BCUT2D eigenvalue weighted by molar-refractivity contribution is 7.76. The van der Waals surface area contributed by atoms with E-state index >= 15 is 0 Å². The molecule has 0 spiro atoms. The van der Waals surface area contributed by atoms with E-state index in [9.17, 15) is 13.6 Å². The quantitative estimate of drug-likeness (QED) is 0.353. The Morgan fingerprint density at radius 2 is 2.44 bits per heavy atom. The summed E-state index contributed by atoms with van der Waals surface area (Å²) in [5.74, 6) is -0.834. The van der Waals surface area contributed by atoms with Crippen molar-refractivity contribution < 1.29 is 18.4 Å². The Balaban J connectivity index is 3.28. The van der Waals surface area contributed by atoms with Gasteiger partial charge in [-0.2, -0.15) is 0 Å². The average Bonchev–Trinajstić information content (AvgIpc) is 1.83. The van der Waals surface area contributed by atoms with E-state index in [0.29, 0.717) is 0 Å². The van der Waals surface area contributed by atoms with E-state index < -0.39 is 17.2 Å². The monoisotopic (exact) mass is 153 g/mol. The minimum atomic E-state index is -2.59. The molecule has 0 aliphatic rings. The summed E-state index contributed by atoms with van der Waals surface area (Å²) in [4.78, 5) is 15.2. The lowest BCUT2D eigenvalue weighted by Crippen LogP contribution is -2.26. The van der Waals surface area contributed by atoms with Crippen LogP contribution in [0.15, 0.2) is 0 Å². The van der Waals surface area contributed by atoms with Gasteiger partial charge in [0.05, 0.1) is 17.8 Å². The van der Waals surface area contributed by atoms with E-state index in [0.717, 1.165) is 0 Å². The van der Waals surface area contributed by atoms with Gasteiger partial charge in [-0.05, 0) is 0 Å². The van der Waals surface area contributed by atoms with Crippen molar-refractivity contribution in [2.24, 2.45) is 5.73 Å². The number of carbonyl (C=O) groups is 1. The van der Waals surface area contributed by atoms with Crippen LogP contribution < -0.4 is 10.6 Å². The summed E-state index contributed by atoms with van der Waals surface area (Å²) in [7, 11) is 0. The minimum absolute atomic E-state index is 0.357. The normalized spacial score (nSPS) is 12.7. The third-order valence-electron chi connectivity index (χ3n) is 0.390. The Kier molecular flexibility index (Phi) is 4.14. The molecule has 0 saturated heterocycles. The van der Waals surface area contributed by atoms with Gasteiger partial charge in [0.15, 0.2) is 0 Å². The first-order valence-electron chi connectivity index (χ1n) is 1.91. The predicted octanol–water partition coefficient (Wildman–Crippen LogP) is -2.21. The Morgan fingerprint density at radius 3 is 2.78 bits per heavy atom. The molecule has 0 radical (unpaired) electrons. The molecule has 0 fully saturated rings. The Hall–Kier alpha value is -0.500. The van der Waals surface area contributed by atoms with Gasteiger partial charge < -0.3 is 15.1 Å². The first-order valence-corrected chi connectivity index (χ1v) is 2.99. The topological polar surface area (TPSA) is 104 Å². The highest BCUT2D eigenvalue weighted by Gasteiger charge is 1.95. The van der Waals surface area contributed by atoms with Crippen LogP contribution >= 0.6 is 0 Å². The van der Waals surface area contributed by atoms with Crippen LogP contribution in [-0.4, -0.2) is 21.3 Å². The van der Waals surface area contributed by atoms with Gasteiger partial charge in [-0.25, -0.2) is 4.79 Å². The van der Waals surface area contributed by atoms with Gasteiger partial charge in [0.2, 0.25) is 0 Å². The van der Waals surface area contributed by atoms with Crippen LogP contribution in [0.4, 0.5) is 0 Å². The van der Waals surface area contributed by atoms with E-state index in [1.165, 1.54) is 4.89 Å². The van der Waals surface area contributed by atoms with Gasteiger partial charge >= 0.3 is 5.97 Å². The van der Waals surface area contributed by atoms with Crippen molar-refractivity contribution in [2.75, 3.05) is 6.54 Å². The Bertz CT molecular complexity index is 126. The SMILES string of the molecule is NCC(=O)ONS(=O)[O-]. The van der Waals surface area contributed by atoms with Crippen LogP contribution in [0.25, 0.3) is 0 Å². The lowest BCUT2D eigenvalue weighted by atomic mass is 10.7. The molecule has 0 rings (SSSR count). The van der Waals surface area contributed by atoms with Crippen LogP contribution in [0.2, 0.25) is 0 Å². The molecular weight excluding hydrogens is 148 g/mol. The van der Waals surface area contributed by atoms with E-state index in [2.05, 4.69) is 4.84 Å². The minimum Gasteiger partial charge on any atom is -0.758 e. The number of nitrogens with one attached hydrogen (secondary N) is 1. The second kappa shape index (κ2) is 4.39. The predicted molar refractivity (Wildman–Crippen MR) is 27.2 cm³/mol. The van der Waals surface area contributed by atoms with Gasteiger partial charge in [-0.3, -0.25) is 4.21 Å². The number of hydrogen-bond acceptors (Lipinski definition) is 5. The molecule has 0 aromatic rings. The lowest BCUT2D eigenvalue weighted by Gasteiger charge is -2.04. The van der Waals surface area contributed by atoms with E-state index in [-0.39, 0.29) is 6.54 Å². The molecule has 0 aliphatic carbocycles. The van der Waals surface area contributed by atoms with E-state index in [4.69, 9.17) is 5.73 Å². The standard InChI is InChI=1S/C2H6N2O4S/c3-1-2(5)8-4-9(6)7/h4H,1,3H2,(H,6,7)/p-1. The second-order valence-electron chi connectivity index (χ2n) is 0.996. The van der Waals surface area contributed by atoms with Crippen molar-refractivity contribution in [3.05, 3.63) is 0 Å². The molecule has 0 aliphatic heterocycles. The zero-order valence-corrected chi connectivity index (χ0v) is 5.14. The first kappa shape index (κ1) is 8.50. The van der Waals surface area contributed by atoms with Gasteiger partial charge in [-0.1, -0.05) is 4.89 Å². The van der Waals surface area contributed by atoms with Crippen molar-refractivity contribution in [1.82, 2.24) is 4.89 Å². The lowest BCUT2D eigenvalue weighted by molar-refractivity contribution is -0.145. The smallest absolute Gasteiger partial charge is 0.339 e. The summed E-state index contributed by atoms with van der Waals surface area (Å²) >= 11 is -2.59. The van der Waals surface area contributed by atoms with Crippen LogP contribution in [0.5, 0.6) is 0 Å². The molecule has 3 N–H and O–H groups in total. The average molecular weight is 153 g/mol. The molecule has 54 valence electrons. The molecule has 9 heavy (non-hydrogen) atoms. The molecule has 0 saturated carbocycles. The molecule has 6 nitrogen and oxygen atoms in total. The van der Waals surface area contributed by atoms with E-state index in [1.54, 1.807) is 0 Å². The fourth-order valence-corrected chi connectivity index (χ4v) is 0.283. The van der Waals surface area contributed by atoms with Crippen LogP contribution in [-0.2, 0) is 20.9 Å². The van der Waals surface area contributed by atoms with Crippen molar-refractivity contribution in [3.8, 4) is 0 Å². The summed E-state index contributed by atoms with van der Waals surface area (Å²) < 4.78 is 19.2. The van der Waals surface area contributed by atoms with Crippen molar-refractivity contribution >= 4 is 17.2 Å². The molecule has 1 atom stereocenters. The highest BCUT2D eigenvalue weighted by atomic mass is 32.2. The van der Waals surface area contributed by atoms with Gasteiger partial charge in [-0.15, -0.1) is 0 Å². The Labute approximate surface area is 53.7 Å². The number of rotatable bonds is 3. The second-order valence-corrected chi connectivity index (χ2v) is 1.63. The zero-order chi connectivity index (χ0) is 7.28. The van der Waals surface area contributed by atoms with Crippen LogP contribution in [0.3, 0.4) is 0 Å². The van der Waals surface area contributed by atoms with Crippen molar-refractivity contribution in [2.45, 2.75) is 0 Å². The molecule has 0 amide bonds. The van der Waals surface area contributed by atoms with E-state index in [1.807, 2.05) is 0 Å². The maximum Gasteiger partial charge on any atom is 0.339 e. The maximum absolute atomic E-state index is 10.0. The molecule has 0 aromatic carbocycles. The molecular formula is C2H5N2O4S-. The van der Waals surface area contributed by atoms with Gasteiger partial charge in [0.25, 0.3) is 0 Å². The third-order valence-corrected chi connectivity index (χ3v) is 0.610. The summed E-state index contributed by atoms with van der Waals surface area (Å²) in [6, 6.07) is 0. The molecule has 1 unspecified atom stereocenters. The van der Waals surface area contributed by atoms with Gasteiger partial charge in [0, 0.05) is 0 Å². The number of nitrogens with two attached hydrogens (primary N) is 1. The first-order chi connectivity index (χ1) is 4.16. The van der Waals surface area contributed by atoms with Crippen LogP contribution in [0, 0.1) is 0 Å². The Morgan fingerprint density at radius 1 is 1.89 bits per heavy atom. The third kappa shape index (κ3) is 5.37.